The smallest absolute Gasteiger partial charge is 0.259 e. The molecular formula is C25H22N4O3. The number of carbonyl (C=O) groups is 2. The summed E-state index contributed by atoms with van der Waals surface area (Å²) in [6.45, 7) is 0.290. The van der Waals surface area contributed by atoms with E-state index < -0.39 is 0 Å². The molecule has 2 heterocycles. The molecule has 0 saturated heterocycles. The van der Waals surface area contributed by atoms with Crippen molar-refractivity contribution in [1.82, 2.24) is 20.8 Å². The minimum absolute atomic E-state index is 0.167. The van der Waals surface area contributed by atoms with Crippen LogP contribution < -0.4 is 10.6 Å². The Morgan fingerprint density at radius 1 is 1.03 bits per heavy atom. The van der Waals surface area contributed by atoms with Gasteiger partial charge in [-0.05, 0) is 36.6 Å². The lowest BCUT2D eigenvalue weighted by Gasteiger charge is -2.09. The van der Waals surface area contributed by atoms with Crippen molar-refractivity contribution in [2.24, 2.45) is 0 Å². The third-order valence-corrected chi connectivity index (χ3v) is 5.62. The normalized spacial score (nSPS) is 13.2. The molecule has 0 atom stereocenters. The summed E-state index contributed by atoms with van der Waals surface area (Å²) in [7, 11) is 1.59. The average molecular weight is 426 g/mol. The maximum Gasteiger partial charge on any atom is 0.259 e. The molecule has 0 spiro atoms. The number of hydrogen-bond acceptors (Lipinski definition) is 5. The number of pyridine rings is 1. The van der Waals surface area contributed by atoms with E-state index in [-0.39, 0.29) is 18.4 Å². The molecule has 5 rings (SSSR count). The van der Waals surface area contributed by atoms with Crippen LogP contribution in [0, 0.1) is 0 Å². The monoisotopic (exact) mass is 426 g/mol. The number of amides is 2. The fraction of sp³-hybridized carbons (Fsp3) is 0.200. The second-order valence-electron chi connectivity index (χ2n) is 7.91. The van der Waals surface area contributed by atoms with Gasteiger partial charge < -0.3 is 15.2 Å². The van der Waals surface area contributed by atoms with Gasteiger partial charge in [-0.1, -0.05) is 47.6 Å². The summed E-state index contributed by atoms with van der Waals surface area (Å²) >= 11 is 0. The molecule has 32 heavy (non-hydrogen) atoms. The Bertz CT molecular complexity index is 1310. The molecule has 1 fully saturated rings. The Morgan fingerprint density at radius 2 is 1.84 bits per heavy atom. The molecule has 2 aromatic heterocycles. The minimum atomic E-state index is -0.231. The molecule has 2 aromatic carbocycles. The van der Waals surface area contributed by atoms with Crippen molar-refractivity contribution in [2.75, 3.05) is 7.05 Å². The number of hydrogen-bond donors (Lipinski definition) is 2. The molecule has 7 nitrogen and oxygen atoms in total. The minimum Gasteiger partial charge on any atom is -0.355 e. The third-order valence-electron chi connectivity index (χ3n) is 5.62. The molecule has 1 aliphatic rings. The topological polar surface area (TPSA) is 97.1 Å². The van der Waals surface area contributed by atoms with Crippen LogP contribution in [-0.4, -0.2) is 29.0 Å². The van der Waals surface area contributed by atoms with Gasteiger partial charge in [0.05, 0.1) is 10.9 Å². The number of benzene rings is 2. The molecule has 0 radical (unpaired) electrons. The van der Waals surface area contributed by atoms with Crippen LogP contribution in [-0.2, 0) is 6.54 Å². The van der Waals surface area contributed by atoms with Gasteiger partial charge in [-0.25, -0.2) is 4.98 Å². The quantitative estimate of drug-likeness (QED) is 0.485. The van der Waals surface area contributed by atoms with E-state index in [1.165, 1.54) is 0 Å². The zero-order valence-electron chi connectivity index (χ0n) is 17.6. The number of fused-ring (bicyclic) bond motifs is 1. The zero-order valence-corrected chi connectivity index (χ0v) is 17.6. The van der Waals surface area contributed by atoms with Crippen molar-refractivity contribution in [3.05, 3.63) is 83.0 Å². The van der Waals surface area contributed by atoms with Gasteiger partial charge in [0.1, 0.15) is 5.69 Å². The summed E-state index contributed by atoms with van der Waals surface area (Å²) in [5.41, 5.74) is 4.58. The number of nitrogens with one attached hydrogen (secondary N) is 2. The number of rotatable bonds is 6. The molecule has 160 valence electrons. The summed E-state index contributed by atoms with van der Waals surface area (Å²) in [6, 6.07) is 18.7. The first kappa shape index (κ1) is 19.9. The van der Waals surface area contributed by atoms with Crippen LogP contribution in [0.15, 0.2) is 65.2 Å². The summed E-state index contributed by atoms with van der Waals surface area (Å²) in [5.74, 6) is -0.0365. The molecule has 7 heteroatoms. The Kier molecular flexibility index (Phi) is 5.15. The average Bonchev–Trinajstić information content (AvgIpc) is 3.61. The second-order valence-corrected chi connectivity index (χ2v) is 7.91. The van der Waals surface area contributed by atoms with Gasteiger partial charge >= 0.3 is 0 Å². The van der Waals surface area contributed by atoms with Crippen LogP contribution in [0.3, 0.4) is 0 Å². The van der Waals surface area contributed by atoms with Crippen LogP contribution in [0.4, 0.5) is 0 Å². The first-order valence-electron chi connectivity index (χ1n) is 10.6. The van der Waals surface area contributed by atoms with E-state index in [0.717, 1.165) is 29.7 Å². The Labute approximate surface area is 184 Å². The van der Waals surface area contributed by atoms with Gasteiger partial charge in [-0.2, -0.15) is 0 Å². The highest BCUT2D eigenvalue weighted by Gasteiger charge is 2.29. The molecule has 0 unspecified atom stereocenters. The fourth-order valence-corrected chi connectivity index (χ4v) is 3.77. The SMILES string of the molecule is CNC(=O)c1cccc(CNC(=O)c2cc(C3CC3)nc3onc(-c4ccccc4)c23)c1. The third kappa shape index (κ3) is 3.85. The summed E-state index contributed by atoms with van der Waals surface area (Å²) in [5, 5.41) is 10.4. The first-order chi connectivity index (χ1) is 15.6. The van der Waals surface area contributed by atoms with Gasteiger partial charge in [0.2, 0.25) is 0 Å². The molecule has 0 aliphatic heterocycles. The predicted octanol–water partition coefficient (Wildman–Crippen LogP) is 4.06. The van der Waals surface area contributed by atoms with Crippen LogP contribution in [0.2, 0.25) is 0 Å². The maximum atomic E-state index is 13.3. The summed E-state index contributed by atoms with van der Waals surface area (Å²) in [6.07, 6.45) is 2.12. The van der Waals surface area contributed by atoms with Crippen molar-refractivity contribution in [2.45, 2.75) is 25.3 Å². The van der Waals surface area contributed by atoms with Crippen molar-refractivity contribution in [3.8, 4) is 11.3 Å². The van der Waals surface area contributed by atoms with Crippen LogP contribution in [0.5, 0.6) is 0 Å². The molecule has 0 bridgehead atoms. The van der Waals surface area contributed by atoms with Gasteiger partial charge in [0.15, 0.2) is 0 Å². The van der Waals surface area contributed by atoms with Crippen LogP contribution in [0.1, 0.15) is 50.7 Å². The van der Waals surface area contributed by atoms with Gasteiger partial charge in [0, 0.05) is 36.3 Å². The molecular weight excluding hydrogens is 404 g/mol. The Morgan fingerprint density at radius 3 is 2.59 bits per heavy atom. The number of nitrogens with zero attached hydrogens (tertiary/aromatic N) is 2. The first-order valence-corrected chi connectivity index (χ1v) is 10.6. The standard InChI is InChI=1S/C25H22N4O3/c1-26-23(30)18-9-5-6-15(12-18)14-27-24(31)19-13-20(16-10-11-16)28-25-21(19)22(29-32-25)17-7-3-2-4-8-17/h2-9,12-13,16H,10-11,14H2,1H3,(H,26,30)(H,27,31). The van der Waals surface area contributed by atoms with Gasteiger partial charge in [-0.3, -0.25) is 9.59 Å². The number of carbonyl (C=O) groups excluding carboxylic acids is 2. The summed E-state index contributed by atoms with van der Waals surface area (Å²) in [4.78, 5) is 29.8. The molecule has 2 amide bonds. The second kappa shape index (κ2) is 8.26. The van der Waals surface area contributed by atoms with Crippen molar-refractivity contribution in [1.29, 1.82) is 0 Å². The highest BCUT2D eigenvalue weighted by Crippen LogP contribution is 2.41. The van der Waals surface area contributed by atoms with Gasteiger partial charge in [0.25, 0.3) is 17.5 Å². The van der Waals surface area contributed by atoms with E-state index in [1.807, 2.05) is 42.5 Å². The van der Waals surface area contributed by atoms with E-state index in [4.69, 9.17) is 4.52 Å². The van der Waals surface area contributed by atoms with Crippen molar-refractivity contribution in [3.63, 3.8) is 0 Å². The molecule has 1 saturated carbocycles. The zero-order chi connectivity index (χ0) is 22.1. The van der Waals surface area contributed by atoms with Crippen LogP contribution >= 0.6 is 0 Å². The Hall–Kier alpha value is -4.00. The maximum absolute atomic E-state index is 13.3. The van der Waals surface area contributed by atoms with Crippen molar-refractivity contribution >= 4 is 22.9 Å². The van der Waals surface area contributed by atoms with Gasteiger partial charge in [-0.15, -0.1) is 0 Å². The van der Waals surface area contributed by atoms with E-state index in [2.05, 4.69) is 20.8 Å². The number of aromatic nitrogens is 2. The molecule has 2 N–H and O–H groups in total. The fourth-order valence-electron chi connectivity index (χ4n) is 3.77. The highest BCUT2D eigenvalue weighted by molar-refractivity contribution is 6.09. The van der Waals surface area contributed by atoms with Crippen LogP contribution in [0.25, 0.3) is 22.4 Å². The highest BCUT2D eigenvalue weighted by atomic mass is 16.5. The van der Waals surface area contributed by atoms with E-state index >= 15 is 0 Å². The van der Waals surface area contributed by atoms with E-state index in [0.29, 0.717) is 33.8 Å². The lowest BCUT2D eigenvalue weighted by atomic mass is 10.0. The van der Waals surface area contributed by atoms with E-state index in [1.54, 1.807) is 25.2 Å². The molecule has 1 aliphatic carbocycles. The Balaban J connectivity index is 1.49. The largest absolute Gasteiger partial charge is 0.355 e. The van der Waals surface area contributed by atoms with E-state index in [9.17, 15) is 9.59 Å². The summed E-state index contributed by atoms with van der Waals surface area (Å²) < 4.78 is 5.54. The molecule has 4 aromatic rings. The predicted molar refractivity (Wildman–Crippen MR) is 120 cm³/mol. The lowest BCUT2D eigenvalue weighted by molar-refractivity contribution is 0.0950. The lowest BCUT2D eigenvalue weighted by Crippen LogP contribution is -2.24. The van der Waals surface area contributed by atoms with Crippen molar-refractivity contribution < 1.29 is 14.1 Å².